The van der Waals surface area contributed by atoms with Gasteiger partial charge in [0.15, 0.2) is 0 Å². The number of hydrogen-bond acceptors (Lipinski definition) is 7. The average molecular weight is 300 g/mol. The van der Waals surface area contributed by atoms with Gasteiger partial charge in [-0.05, 0) is 25.4 Å². The molecule has 20 heavy (non-hydrogen) atoms. The van der Waals surface area contributed by atoms with Gasteiger partial charge >= 0.3 is 5.97 Å². The predicted molar refractivity (Wildman–Crippen MR) is 77.3 cm³/mol. The van der Waals surface area contributed by atoms with Crippen LogP contribution in [0.5, 0.6) is 5.75 Å². The smallest absolute Gasteiger partial charge is 0.323 e. The molecule has 7 heteroatoms. The first-order valence-electron chi connectivity index (χ1n) is 6.19. The first-order chi connectivity index (χ1) is 9.51. The van der Waals surface area contributed by atoms with Crippen molar-refractivity contribution in [3.8, 4) is 5.75 Å². The van der Waals surface area contributed by atoms with Gasteiger partial charge in [0.05, 0.1) is 12.3 Å². The number of aromatic hydroxyl groups is 1. The molecule has 0 aliphatic rings. The van der Waals surface area contributed by atoms with Crippen LogP contribution in [-0.2, 0) is 22.7 Å². The predicted octanol–water partition coefficient (Wildman–Crippen LogP) is 0.712. The van der Waals surface area contributed by atoms with Crippen molar-refractivity contribution >= 4 is 17.7 Å². The van der Waals surface area contributed by atoms with E-state index >= 15 is 0 Å². The van der Waals surface area contributed by atoms with Crippen LogP contribution in [0.1, 0.15) is 23.2 Å². The van der Waals surface area contributed by atoms with Crippen molar-refractivity contribution in [2.75, 3.05) is 12.0 Å². The molecule has 0 aliphatic carbocycles. The molecule has 1 heterocycles. The molecule has 1 atom stereocenters. The quantitative estimate of drug-likeness (QED) is 0.637. The number of rotatable bonds is 7. The number of pyridine rings is 1. The number of nitrogens with two attached hydrogens (primary N) is 1. The number of aromatic nitrogens is 1. The fraction of sp³-hybridized carbons (Fsp3) is 0.538. The van der Waals surface area contributed by atoms with Crippen molar-refractivity contribution < 1.29 is 19.7 Å². The maximum absolute atomic E-state index is 11.7. The van der Waals surface area contributed by atoms with Crippen molar-refractivity contribution in [1.82, 2.24) is 4.98 Å². The SMILES string of the molecule is CSCC[C@H](N)C(=O)OCc1c(CO)cnc(C)c1O. The number of aliphatic hydroxyl groups excluding tert-OH is 1. The van der Waals surface area contributed by atoms with Gasteiger partial charge in [-0.2, -0.15) is 11.8 Å². The van der Waals surface area contributed by atoms with Crippen molar-refractivity contribution in [3.05, 3.63) is 23.0 Å². The molecule has 0 spiro atoms. The lowest BCUT2D eigenvalue weighted by Crippen LogP contribution is -2.32. The Bertz CT molecular complexity index is 468. The van der Waals surface area contributed by atoms with Gasteiger partial charge in [-0.3, -0.25) is 9.78 Å². The van der Waals surface area contributed by atoms with E-state index in [-0.39, 0.29) is 19.0 Å². The molecule has 0 unspecified atom stereocenters. The van der Waals surface area contributed by atoms with Crippen LogP contribution in [0.25, 0.3) is 0 Å². The van der Waals surface area contributed by atoms with Crippen LogP contribution in [-0.4, -0.2) is 39.2 Å². The molecule has 6 nitrogen and oxygen atoms in total. The van der Waals surface area contributed by atoms with E-state index in [0.29, 0.717) is 23.2 Å². The minimum atomic E-state index is -0.676. The van der Waals surface area contributed by atoms with Crippen molar-refractivity contribution in [3.63, 3.8) is 0 Å². The number of thioether (sulfide) groups is 1. The molecule has 1 aromatic rings. The van der Waals surface area contributed by atoms with E-state index in [0.717, 1.165) is 5.75 Å². The van der Waals surface area contributed by atoms with Crippen LogP contribution in [0.3, 0.4) is 0 Å². The Labute approximate surface area is 122 Å². The molecule has 0 aliphatic heterocycles. The Hall–Kier alpha value is -1.31. The minimum Gasteiger partial charge on any atom is -0.506 e. The number of aliphatic hydroxyl groups is 1. The lowest BCUT2D eigenvalue weighted by molar-refractivity contribution is -0.146. The summed E-state index contributed by atoms with van der Waals surface area (Å²) in [6, 6.07) is -0.676. The maximum atomic E-state index is 11.7. The minimum absolute atomic E-state index is 0.0676. The van der Waals surface area contributed by atoms with Gasteiger partial charge < -0.3 is 20.7 Å². The molecule has 0 amide bonds. The third-order valence-electron chi connectivity index (χ3n) is 2.90. The molecule has 0 radical (unpaired) electrons. The molecule has 0 saturated carbocycles. The summed E-state index contributed by atoms with van der Waals surface area (Å²) in [5.41, 5.74) is 6.91. The van der Waals surface area contributed by atoms with Crippen LogP contribution in [0.15, 0.2) is 6.20 Å². The van der Waals surface area contributed by atoms with Crippen LogP contribution in [0.2, 0.25) is 0 Å². The molecule has 0 aromatic carbocycles. The van der Waals surface area contributed by atoms with Gasteiger partial charge in [-0.25, -0.2) is 0 Å². The Morgan fingerprint density at radius 2 is 2.30 bits per heavy atom. The van der Waals surface area contributed by atoms with E-state index in [9.17, 15) is 15.0 Å². The number of esters is 1. The standard InChI is InChI=1S/C13H20N2O4S/c1-8-12(17)10(9(6-16)5-15-8)7-19-13(18)11(14)3-4-20-2/h5,11,16-17H,3-4,6-7,14H2,1-2H3/t11-/m0/s1. The largest absolute Gasteiger partial charge is 0.506 e. The molecule has 112 valence electrons. The Morgan fingerprint density at radius 3 is 2.90 bits per heavy atom. The topological polar surface area (TPSA) is 106 Å². The molecule has 0 bridgehead atoms. The van der Waals surface area contributed by atoms with Crippen molar-refractivity contribution in [1.29, 1.82) is 0 Å². The lowest BCUT2D eigenvalue weighted by Gasteiger charge is -2.14. The van der Waals surface area contributed by atoms with Gasteiger partial charge in [0.2, 0.25) is 0 Å². The molecule has 4 N–H and O–H groups in total. The van der Waals surface area contributed by atoms with E-state index in [1.54, 1.807) is 18.7 Å². The van der Waals surface area contributed by atoms with E-state index in [2.05, 4.69) is 4.98 Å². The van der Waals surface area contributed by atoms with Crippen molar-refractivity contribution in [2.45, 2.75) is 32.6 Å². The third kappa shape index (κ3) is 4.36. The van der Waals surface area contributed by atoms with E-state index in [1.807, 2.05) is 6.26 Å². The second kappa shape index (κ2) is 8.08. The van der Waals surface area contributed by atoms with Crippen LogP contribution in [0, 0.1) is 6.92 Å². The van der Waals surface area contributed by atoms with Crippen molar-refractivity contribution in [2.24, 2.45) is 5.73 Å². The lowest BCUT2D eigenvalue weighted by atomic mass is 10.1. The normalized spacial score (nSPS) is 12.2. The fourth-order valence-electron chi connectivity index (χ4n) is 1.59. The molecule has 1 aromatic heterocycles. The van der Waals surface area contributed by atoms with Crippen LogP contribution in [0.4, 0.5) is 0 Å². The Balaban J connectivity index is 2.70. The summed E-state index contributed by atoms with van der Waals surface area (Å²) in [5, 5.41) is 19.1. The highest BCUT2D eigenvalue weighted by Crippen LogP contribution is 2.24. The summed E-state index contributed by atoms with van der Waals surface area (Å²) in [6.07, 6.45) is 3.92. The first-order valence-corrected chi connectivity index (χ1v) is 7.59. The second-order valence-electron chi connectivity index (χ2n) is 4.35. The summed E-state index contributed by atoms with van der Waals surface area (Å²) in [6.45, 7) is 1.22. The zero-order valence-corrected chi connectivity index (χ0v) is 12.4. The zero-order valence-electron chi connectivity index (χ0n) is 11.6. The van der Waals surface area contributed by atoms with Gasteiger partial charge in [0, 0.05) is 17.3 Å². The number of hydrogen-bond donors (Lipinski definition) is 3. The number of carbonyl (C=O) groups excluding carboxylic acids is 1. The van der Waals surface area contributed by atoms with E-state index < -0.39 is 12.0 Å². The van der Waals surface area contributed by atoms with Gasteiger partial charge in [0.1, 0.15) is 18.4 Å². The summed E-state index contributed by atoms with van der Waals surface area (Å²) >= 11 is 1.60. The van der Waals surface area contributed by atoms with Gasteiger partial charge in [-0.1, -0.05) is 0 Å². The number of carbonyl (C=O) groups is 1. The van der Waals surface area contributed by atoms with Gasteiger partial charge in [-0.15, -0.1) is 0 Å². The molecular formula is C13H20N2O4S. The first kappa shape index (κ1) is 16.7. The summed E-state index contributed by atoms with van der Waals surface area (Å²) in [4.78, 5) is 15.6. The fourth-order valence-corrected chi connectivity index (χ4v) is 2.08. The van der Waals surface area contributed by atoms with Gasteiger partial charge in [0.25, 0.3) is 0 Å². The number of aryl methyl sites for hydroxylation is 1. The number of nitrogens with zero attached hydrogens (tertiary/aromatic N) is 1. The monoisotopic (exact) mass is 300 g/mol. The summed E-state index contributed by atoms with van der Waals surface area (Å²) < 4.78 is 5.09. The second-order valence-corrected chi connectivity index (χ2v) is 5.34. The highest BCUT2D eigenvalue weighted by molar-refractivity contribution is 7.98. The molecule has 0 fully saturated rings. The Morgan fingerprint density at radius 1 is 1.60 bits per heavy atom. The molecular weight excluding hydrogens is 280 g/mol. The Kier molecular flexibility index (Phi) is 6.77. The summed E-state index contributed by atoms with van der Waals surface area (Å²) in [7, 11) is 0. The van der Waals surface area contributed by atoms with E-state index in [4.69, 9.17) is 10.5 Å². The maximum Gasteiger partial charge on any atom is 0.323 e. The highest BCUT2D eigenvalue weighted by atomic mass is 32.2. The van der Waals surface area contributed by atoms with E-state index in [1.165, 1.54) is 6.20 Å². The summed E-state index contributed by atoms with van der Waals surface area (Å²) in [5.74, 6) is 0.191. The molecule has 0 saturated heterocycles. The number of ether oxygens (including phenoxy) is 1. The third-order valence-corrected chi connectivity index (χ3v) is 3.54. The highest BCUT2D eigenvalue weighted by Gasteiger charge is 2.17. The van der Waals surface area contributed by atoms with Crippen LogP contribution < -0.4 is 5.73 Å². The average Bonchev–Trinajstić information content (AvgIpc) is 2.45. The molecule has 1 rings (SSSR count). The van der Waals surface area contributed by atoms with Crippen LogP contribution >= 0.6 is 11.8 Å². The zero-order chi connectivity index (χ0) is 15.1.